The largest absolute Gasteiger partial charge is 0.374 e. The maximum absolute atomic E-state index is 12.9. The molecule has 0 aliphatic rings. The van der Waals surface area contributed by atoms with Gasteiger partial charge in [-0.2, -0.15) is 0 Å². The summed E-state index contributed by atoms with van der Waals surface area (Å²) in [4.78, 5) is 12.2. The van der Waals surface area contributed by atoms with E-state index >= 15 is 0 Å². The van der Waals surface area contributed by atoms with Gasteiger partial charge in [-0.1, -0.05) is 42.5 Å². The standard InChI is InChI=1S/C21H19FN2O/c1-15(21(25)24-20-13-9-18(22)10-14-20)23-19-11-7-17(8-12-19)16-5-3-2-4-6-16/h2-15,23H,1H3,(H,24,25)/t15-/m1/s1. The van der Waals surface area contributed by atoms with E-state index in [0.29, 0.717) is 5.69 Å². The molecule has 3 nitrogen and oxygen atoms in total. The number of rotatable bonds is 5. The van der Waals surface area contributed by atoms with E-state index in [1.54, 1.807) is 6.92 Å². The molecule has 0 heterocycles. The first-order chi connectivity index (χ1) is 12.1. The Hall–Kier alpha value is -3.14. The van der Waals surface area contributed by atoms with E-state index in [1.807, 2.05) is 42.5 Å². The molecule has 0 bridgehead atoms. The molecule has 126 valence electrons. The number of halogens is 1. The van der Waals surface area contributed by atoms with Gasteiger partial charge in [0.25, 0.3) is 0 Å². The molecule has 3 rings (SSSR count). The van der Waals surface area contributed by atoms with Crippen molar-refractivity contribution in [3.8, 4) is 11.1 Å². The summed E-state index contributed by atoms with van der Waals surface area (Å²) in [6.45, 7) is 1.78. The van der Waals surface area contributed by atoms with Crippen LogP contribution in [0.3, 0.4) is 0 Å². The fourth-order valence-corrected chi connectivity index (χ4v) is 2.49. The molecule has 0 aliphatic heterocycles. The smallest absolute Gasteiger partial charge is 0.246 e. The number of hydrogen-bond donors (Lipinski definition) is 2. The molecule has 1 atom stereocenters. The van der Waals surface area contributed by atoms with Crippen molar-refractivity contribution in [3.05, 3.63) is 84.7 Å². The quantitative estimate of drug-likeness (QED) is 0.694. The minimum atomic E-state index is -0.423. The molecule has 0 saturated carbocycles. The molecule has 1 amide bonds. The van der Waals surface area contributed by atoms with Crippen molar-refractivity contribution in [2.45, 2.75) is 13.0 Å². The predicted molar refractivity (Wildman–Crippen MR) is 100.0 cm³/mol. The van der Waals surface area contributed by atoms with Crippen LogP contribution >= 0.6 is 0 Å². The van der Waals surface area contributed by atoms with Crippen LogP contribution in [0.5, 0.6) is 0 Å². The summed E-state index contributed by atoms with van der Waals surface area (Å²) in [5.74, 6) is -0.513. The maximum Gasteiger partial charge on any atom is 0.246 e. The van der Waals surface area contributed by atoms with E-state index in [4.69, 9.17) is 0 Å². The Kier molecular flexibility index (Phi) is 5.09. The Balaban J connectivity index is 1.61. The molecule has 0 aromatic heterocycles. The molecular weight excluding hydrogens is 315 g/mol. The summed E-state index contributed by atoms with van der Waals surface area (Å²) < 4.78 is 12.9. The highest BCUT2D eigenvalue weighted by Gasteiger charge is 2.12. The first kappa shape index (κ1) is 16.7. The normalized spacial score (nSPS) is 11.6. The van der Waals surface area contributed by atoms with Crippen molar-refractivity contribution < 1.29 is 9.18 Å². The average Bonchev–Trinajstić information content (AvgIpc) is 2.65. The molecule has 0 unspecified atom stereocenters. The van der Waals surface area contributed by atoms with Crippen molar-refractivity contribution >= 4 is 17.3 Å². The molecule has 4 heteroatoms. The van der Waals surface area contributed by atoms with Crippen LogP contribution in [-0.4, -0.2) is 11.9 Å². The summed E-state index contributed by atoms with van der Waals surface area (Å²) in [6.07, 6.45) is 0. The lowest BCUT2D eigenvalue weighted by Crippen LogP contribution is -2.31. The Bertz CT molecular complexity index is 830. The first-order valence-corrected chi connectivity index (χ1v) is 8.10. The second-order valence-corrected chi connectivity index (χ2v) is 5.81. The minimum absolute atomic E-state index is 0.182. The second kappa shape index (κ2) is 7.62. The number of hydrogen-bond acceptors (Lipinski definition) is 2. The number of carbonyl (C=O) groups is 1. The monoisotopic (exact) mass is 334 g/mol. The van der Waals surface area contributed by atoms with Gasteiger partial charge in [0, 0.05) is 11.4 Å². The molecule has 0 spiro atoms. The third-order valence-electron chi connectivity index (χ3n) is 3.88. The van der Waals surface area contributed by atoms with E-state index in [9.17, 15) is 9.18 Å². The van der Waals surface area contributed by atoms with Crippen molar-refractivity contribution in [2.75, 3.05) is 10.6 Å². The Morgan fingerprint density at radius 1 is 0.800 bits per heavy atom. The van der Waals surface area contributed by atoms with Gasteiger partial charge in [-0.15, -0.1) is 0 Å². The zero-order valence-electron chi connectivity index (χ0n) is 13.9. The van der Waals surface area contributed by atoms with E-state index in [0.717, 1.165) is 16.8 Å². The van der Waals surface area contributed by atoms with Crippen LogP contribution < -0.4 is 10.6 Å². The van der Waals surface area contributed by atoms with E-state index in [2.05, 4.69) is 22.8 Å². The molecule has 0 fully saturated rings. The molecule has 0 aliphatic carbocycles. The summed E-state index contributed by atoms with van der Waals surface area (Å²) in [7, 11) is 0. The third kappa shape index (κ3) is 4.44. The van der Waals surface area contributed by atoms with Crippen LogP contribution in [0.1, 0.15) is 6.92 Å². The lowest BCUT2D eigenvalue weighted by Gasteiger charge is -2.15. The summed E-state index contributed by atoms with van der Waals surface area (Å²) in [5, 5.41) is 5.92. The highest BCUT2D eigenvalue weighted by Crippen LogP contribution is 2.21. The Morgan fingerprint density at radius 2 is 1.36 bits per heavy atom. The van der Waals surface area contributed by atoms with Gasteiger partial charge in [-0.3, -0.25) is 4.79 Å². The lowest BCUT2D eigenvalue weighted by molar-refractivity contribution is -0.116. The minimum Gasteiger partial charge on any atom is -0.374 e. The van der Waals surface area contributed by atoms with Crippen LogP contribution in [0.25, 0.3) is 11.1 Å². The van der Waals surface area contributed by atoms with Crippen LogP contribution in [0, 0.1) is 5.82 Å². The van der Waals surface area contributed by atoms with Gasteiger partial charge in [0.05, 0.1) is 0 Å². The Labute approximate surface area is 146 Å². The highest BCUT2D eigenvalue weighted by molar-refractivity contribution is 5.96. The number of anilines is 2. The van der Waals surface area contributed by atoms with Gasteiger partial charge in [-0.05, 0) is 54.4 Å². The molecule has 25 heavy (non-hydrogen) atoms. The average molecular weight is 334 g/mol. The topological polar surface area (TPSA) is 41.1 Å². The number of carbonyl (C=O) groups excluding carboxylic acids is 1. The molecular formula is C21H19FN2O. The van der Waals surface area contributed by atoms with Gasteiger partial charge >= 0.3 is 0 Å². The molecule has 3 aromatic carbocycles. The zero-order valence-corrected chi connectivity index (χ0v) is 13.9. The highest BCUT2D eigenvalue weighted by atomic mass is 19.1. The lowest BCUT2D eigenvalue weighted by atomic mass is 10.1. The van der Waals surface area contributed by atoms with Crippen molar-refractivity contribution in [1.29, 1.82) is 0 Å². The van der Waals surface area contributed by atoms with Crippen molar-refractivity contribution in [3.63, 3.8) is 0 Å². The fourth-order valence-electron chi connectivity index (χ4n) is 2.49. The van der Waals surface area contributed by atoms with Crippen LogP contribution in [0.2, 0.25) is 0 Å². The van der Waals surface area contributed by atoms with E-state index in [-0.39, 0.29) is 11.7 Å². The fraction of sp³-hybridized carbons (Fsp3) is 0.0952. The Morgan fingerprint density at radius 3 is 2.00 bits per heavy atom. The number of nitrogens with one attached hydrogen (secondary N) is 2. The molecule has 2 N–H and O–H groups in total. The molecule has 3 aromatic rings. The summed E-state index contributed by atoms with van der Waals surface area (Å²) >= 11 is 0. The van der Waals surface area contributed by atoms with Gasteiger partial charge in [-0.25, -0.2) is 4.39 Å². The van der Waals surface area contributed by atoms with Crippen molar-refractivity contribution in [1.82, 2.24) is 0 Å². The van der Waals surface area contributed by atoms with Crippen LogP contribution in [-0.2, 0) is 4.79 Å². The summed E-state index contributed by atoms with van der Waals surface area (Å²) in [6, 6.07) is 23.3. The predicted octanol–water partition coefficient (Wildman–Crippen LogP) is 4.93. The van der Waals surface area contributed by atoms with Gasteiger partial charge < -0.3 is 10.6 Å². The maximum atomic E-state index is 12.9. The second-order valence-electron chi connectivity index (χ2n) is 5.81. The first-order valence-electron chi connectivity index (χ1n) is 8.10. The van der Waals surface area contributed by atoms with Gasteiger partial charge in [0.15, 0.2) is 0 Å². The van der Waals surface area contributed by atoms with Gasteiger partial charge in [0.2, 0.25) is 5.91 Å². The number of benzene rings is 3. The zero-order chi connectivity index (χ0) is 17.6. The van der Waals surface area contributed by atoms with Crippen LogP contribution in [0.15, 0.2) is 78.9 Å². The third-order valence-corrected chi connectivity index (χ3v) is 3.88. The number of amides is 1. The van der Waals surface area contributed by atoms with Crippen LogP contribution in [0.4, 0.5) is 15.8 Å². The van der Waals surface area contributed by atoms with Crippen molar-refractivity contribution in [2.24, 2.45) is 0 Å². The van der Waals surface area contributed by atoms with E-state index < -0.39 is 6.04 Å². The SMILES string of the molecule is C[C@@H](Nc1ccc(-c2ccccc2)cc1)C(=O)Nc1ccc(F)cc1. The summed E-state index contributed by atoms with van der Waals surface area (Å²) in [5.41, 5.74) is 3.70. The van der Waals surface area contributed by atoms with Gasteiger partial charge in [0.1, 0.15) is 11.9 Å². The molecule has 0 radical (unpaired) electrons. The van der Waals surface area contributed by atoms with E-state index in [1.165, 1.54) is 24.3 Å². The molecule has 0 saturated heterocycles.